The Balaban J connectivity index is 1.84. The monoisotopic (exact) mass is 452 g/mol. The molecule has 1 N–H and O–H groups in total. The summed E-state index contributed by atoms with van der Waals surface area (Å²) in [5.41, 5.74) is 1.95. The van der Waals surface area contributed by atoms with Gasteiger partial charge in [0.25, 0.3) is 0 Å². The molecule has 1 unspecified atom stereocenters. The van der Waals surface area contributed by atoms with Gasteiger partial charge in [-0.05, 0) is 25.2 Å². The van der Waals surface area contributed by atoms with Crippen molar-refractivity contribution < 1.29 is 14.3 Å². The van der Waals surface area contributed by atoms with Crippen LogP contribution >= 0.6 is 0 Å². The lowest BCUT2D eigenvalue weighted by Gasteiger charge is -2.36. The molecule has 1 saturated heterocycles. The Labute approximate surface area is 197 Å². The van der Waals surface area contributed by atoms with Gasteiger partial charge >= 0.3 is 0 Å². The molecule has 3 rings (SSSR count). The minimum atomic E-state index is -0.582. The van der Waals surface area contributed by atoms with E-state index >= 15 is 0 Å². The summed E-state index contributed by atoms with van der Waals surface area (Å²) in [6, 6.07) is 19.0. The molecule has 0 aromatic heterocycles. The Morgan fingerprint density at radius 1 is 0.970 bits per heavy atom. The average molecular weight is 453 g/mol. The van der Waals surface area contributed by atoms with Gasteiger partial charge in [0, 0.05) is 39.3 Å². The van der Waals surface area contributed by atoms with E-state index < -0.39 is 6.04 Å². The first-order valence-electron chi connectivity index (χ1n) is 11.6. The van der Waals surface area contributed by atoms with Crippen LogP contribution in [-0.4, -0.2) is 92.6 Å². The van der Waals surface area contributed by atoms with E-state index in [1.165, 1.54) is 0 Å². The first-order chi connectivity index (χ1) is 16.0. The van der Waals surface area contributed by atoms with E-state index in [0.717, 1.165) is 30.8 Å². The van der Waals surface area contributed by atoms with E-state index in [4.69, 9.17) is 4.74 Å². The Morgan fingerprint density at radius 2 is 1.58 bits per heavy atom. The zero-order valence-corrected chi connectivity index (χ0v) is 19.8. The Hall–Kier alpha value is -2.74. The van der Waals surface area contributed by atoms with Gasteiger partial charge in [0.05, 0.1) is 19.6 Å². The van der Waals surface area contributed by atoms with Crippen LogP contribution in [-0.2, 0) is 27.3 Å². The number of carbonyl (C=O) groups is 2. The summed E-state index contributed by atoms with van der Waals surface area (Å²) in [5.74, 6) is -0.160. The summed E-state index contributed by atoms with van der Waals surface area (Å²) in [6.45, 7) is 4.97. The number of ether oxygens (including phenoxy) is 1. The van der Waals surface area contributed by atoms with Crippen molar-refractivity contribution in [2.45, 2.75) is 19.0 Å². The molecule has 1 atom stereocenters. The van der Waals surface area contributed by atoms with E-state index in [9.17, 15) is 9.59 Å². The second kappa shape index (κ2) is 13.1. The molecule has 33 heavy (non-hydrogen) atoms. The molecule has 2 aromatic rings. The molecular formula is C26H36N4O3. The largest absolute Gasteiger partial charge is 0.379 e. The van der Waals surface area contributed by atoms with Crippen molar-refractivity contribution in [2.24, 2.45) is 0 Å². The Bertz CT molecular complexity index is 854. The first kappa shape index (κ1) is 24.9. The molecular weight excluding hydrogens is 416 g/mol. The maximum atomic E-state index is 13.6. The van der Waals surface area contributed by atoms with Crippen LogP contribution in [0.1, 0.15) is 11.1 Å². The molecule has 2 amide bonds. The second-order valence-corrected chi connectivity index (χ2v) is 8.69. The number of rotatable bonds is 11. The predicted octanol–water partition coefficient (Wildman–Crippen LogP) is 1.64. The summed E-state index contributed by atoms with van der Waals surface area (Å²) in [7, 11) is 3.95. The third-order valence-electron chi connectivity index (χ3n) is 5.79. The highest BCUT2D eigenvalue weighted by molar-refractivity contribution is 5.88. The van der Waals surface area contributed by atoms with E-state index in [1.54, 1.807) is 4.90 Å². The zero-order valence-electron chi connectivity index (χ0n) is 19.8. The van der Waals surface area contributed by atoms with Crippen molar-refractivity contribution in [3.8, 4) is 0 Å². The fraction of sp³-hybridized carbons (Fsp3) is 0.462. The molecule has 1 fully saturated rings. The molecule has 0 aliphatic carbocycles. The number of morpholine rings is 1. The Morgan fingerprint density at radius 3 is 2.18 bits per heavy atom. The predicted molar refractivity (Wildman–Crippen MR) is 130 cm³/mol. The number of carbonyl (C=O) groups excluding carboxylic acids is 2. The number of hydrogen-bond acceptors (Lipinski definition) is 5. The van der Waals surface area contributed by atoms with E-state index in [-0.39, 0.29) is 18.2 Å². The summed E-state index contributed by atoms with van der Waals surface area (Å²) in [5, 5.41) is 3.06. The zero-order chi connectivity index (χ0) is 23.5. The molecule has 1 heterocycles. The van der Waals surface area contributed by atoms with Crippen LogP contribution in [0.4, 0.5) is 0 Å². The van der Waals surface area contributed by atoms with Gasteiger partial charge in [-0.3, -0.25) is 14.5 Å². The topological polar surface area (TPSA) is 65.1 Å². The number of amides is 2. The summed E-state index contributed by atoms with van der Waals surface area (Å²) >= 11 is 0. The van der Waals surface area contributed by atoms with E-state index in [1.807, 2.05) is 79.7 Å². The van der Waals surface area contributed by atoms with Gasteiger partial charge in [0.1, 0.15) is 6.04 Å². The third kappa shape index (κ3) is 8.28. The molecule has 0 spiro atoms. The number of hydrogen-bond donors (Lipinski definition) is 1. The highest BCUT2D eigenvalue weighted by Crippen LogP contribution is 2.14. The van der Waals surface area contributed by atoms with Crippen molar-refractivity contribution in [1.82, 2.24) is 20.0 Å². The van der Waals surface area contributed by atoms with Crippen molar-refractivity contribution >= 4 is 11.8 Å². The minimum absolute atomic E-state index is 0.0499. The van der Waals surface area contributed by atoms with Gasteiger partial charge in [-0.15, -0.1) is 0 Å². The van der Waals surface area contributed by atoms with Crippen LogP contribution in [0, 0.1) is 0 Å². The quantitative estimate of drug-likeness (QED) is 0.562. The van der Waals surface area contributed by atoms with Crippen LogP contribution in [0.5, 0.6) is 0 Å². The fourth-order valence-corrected chi connectivity index (χ4v) is 3.90. The van der Waals surface area contributed by atoms with E-state index in [2.05, 4.69) is 10.2 Å². The number of likely N-dealkylation sites (N-methyl/N-ethyl adjacent to an activating group) is 1. The van der Waals surface area contributed by atoms with E-state index in [0.29, 0.717) is 32.8 Å². The average Bonchev–Trinajstić information content (AvgIpc) is 2.83. The molecule has 7 heteroatoms. The van der Waals surface area contributed by atoms with Crippen LogP contribution in [0.3, 0.4) is 0 Å². The van der Waals surface area contributed by atoms with Gasteiger partial charge < -0.3 is 19.9 Å². The van der Waals surface area contributed by atoms with Gasteiger partial charge in [0.15, 0.2) is 0 Å². The van der Waals surface area contributed by atoms with Crippen LogP contribution in [0.25, 0.3) is 0 Å². The van der Waals surface area contributed by atoms with Gasteiger partial charge in [-0.2, -0.15) is 0 Å². The van der Waals surface area contributed by atoms with Crippen LogP contribution < -0.4 is 5.32 Å². The molecule has 0 bridgehead atoms. The molecule has 1 aliphatic heterocycles. The standard InChI is InChI=1S/C26H36N4O3/c1-28(2)14-13-27-26(32)24(21-29-15-17-33-18-16-29)30(20-23-11-7-4-8-12-23)25(31)19-22-9-5-3-6-10-22/h3-12,24H,13-21H2,1-2H3,(H,27,32). The maximum absolute atomic E-state index is 13.6. The third-order valence-corrected chi connectivity index (χ3v) is 5.79. The Kier molecular flexibility index (Phi) is 9.87. The summed E-state index contributed by atoms with van der Waals surface area (Å²) < 4.78 is 5.49. The van der Waals surface area contributed by atoms with Gasteiger partial charge in [0.2, 0.25) is 11.8 Å². The van der Waals surface area contributed by atoms with Crippen LogP contribution in [0.2, 0.25) is 0 Å². The molecule has 0 radical (unpaired) electrons. The molecule has 0 saturated carbocycles. The molecule has 178 valence electrons. The highest BCUT2D eigenvalue weighted by Gasteiger charge is 2.32. The molecule has 1 aliphatic rings. The molecule has 7 nitrogen and oxygen atoms in total. The lowest BCUT2D eigenvalue weighted by Crippen LogP contribution is -2.56. The van der Waals surface area contributed by atoms with Gasteiger partial charge in [-0.25, -0.2) is 0 Å². The summed E-state index contributed by atoms with van der Waals surface area (Å²) in [4.78, 5) is 33.0. The first-order valence-corrected chi connectivity index (χ1v) is 11.6. The van der Waals surface area contributed by atoms with Crippen molar-refractivity contribution in [3.63, 3.8) is 0 Å². The smallest absolute Gasteiger partial charge is 0.244 e. The van der Waals surface area contributed by atoms with Crippen LogP contribution in [0.15, 0.2) is 60.7 Å². The van der Waals surface area contributed by atoms with Crippen molar-refractivity contribution in [2.75, 3.05) is 60.0 Å². The maximum Gasteiger partial charge on any atom is 0.244 e. The van der Waals surface area contributed by atoms with Crippen molar-refractivity contribution in [1.29, 1.82) is 0 Å². The van der Waals surface area contributed by atoms with Gasteiger partial charge in [-0.1, -0.05) is 60.7 Å². The SMILES string of the molecule is CN(C)CCNC(=O)C(CN1CCOCC1)N(Cc1ccccc1)C(=O)Cc1ccccc1. The lowest BCUT2D eigenvalue weighted by molar-refractivity contribution is -0.142. The number of nitrogens with one attached hydrogen (secondary N) is 1. The highest BCUT2D eigenvalue weighted by atomic mass is 16.5. The normalized spacial score (nSPS) is 15.2. The minimum Gasteiger partial charge on any atom is -0.379 e. The number of nitrogens with zero attached hydrogens (tertiary/aromatic N) is 3. The number of benzene rings is 2. The lowest BCUT2D eigenvalue weighted by atomic mass is 10.1. The van der Waals surface area contributed by atoms with Crippen molar-refractivity contribution in [3.05, 3.63) is 71.8 Å². The molecule has 2 aromatic carbocycles. The fourth-order valence-electron chi connectivity index (χ4n) is 3.90. The summed E-state index contributed by atoms with van der Waals surface area (Å²) in [6.07, 6.45) is 0.262. The second-order valence-electron chi connectivity index (χ2n) is 8.69.